The number of fused-ring (bicyclic) bond motifs is 3. The number of epoxide rings is 2. The first-order valence-electron chi connectivity index (χ1n) is 9.20. The molecule has 0 radical (unpaired) electrons. The van der Waals surface area contributed by atoms with Crippen LogP contribution in [0.25, 0.3) is 11.1 Å². The standard InChI is InChI=1S/C20H21O6P/c1-2-26-27(21)19-7-13(22-9-15-11-24-15)3-5-17(19)18-6-4-14(8-20(18)27)23-10-16-12-25-16/h3-8,15-16H,2,9-12H2,1H3. The van der Waals surface area contributed by atoms with E-state index in [1.807, 2.05) is 43.3 Å². The predicted octanol–water partition coefficient (Wildman–Crippen LogP) is 2.49. The van der Waals surface area contributed by atoms with Crippen molar-refractivity contribution in [2.75, 3.05) is 33.0 Å². The zero-order valence-electron chi connectivity index (χ0n) is 15.1. The summed E-state index contributed by atoms with van der Waals surface area (Å²) < 4.78 is 41.6. The lowest BCUT2D eigenvalue weighted by atomic mass is 10.1. The van der Waals surface area contributed by atoms with E-state index < -0.39 is 7.37 Å². The zero-order chi connectivity index (χ0) is 18.4. The van der Waals surface area contributed by atoms with Gasteiger partial charge in [-0.05, 0) is 54.4 Å². The molecule has 0 aliphatic carbocycles. The lowest BCUT2D eigenvalue weighted by Crippen LogP contribution is -2.14. The van der Waals surface area contributed by atoms with Gasteiger partial charge in [-0.2, -0.15) is 0 Å². The van der Waals surface area contributed by atoms with Crippen molar-refractivity contribution in [2.45, 2.75) is 19.1 Å². The molecule has 3 heterocycles. The van der Waals surface area contributed by atoms with Crippen LogP contribution >= 0.6 is 7.37 Å². The van der Waals surface area contributed by atoms with Gasteiger partial charge in [-0.25, -0.2) is 0 Å². The van der Waals surface area contributed by atoms with E-state index in [-0.39, 0.29) is 12.2 Å². The first-order valence-corrected chi connectivity index (χ1v) is 10.8. The molecular formula is C20H21O6P. The molecule has 2 unspecified atom stereocenters. The summed E-state index contributed by atoms with van der Waals surface area (Å²) in [4.78, 5) is 0. The van der Waals surface area contributed by atoms with Gasteiger partial charge in [0.1, 0.15) is 36.9 Å². The van der Waals surface area contributed by atoms with Crippen LogP contribution in [0.1, 0.15) is 6.92 Å². The molecule has 2 aromatic carbocycles. The highest BCUT2D eigenvalue weighted by Crippen LogP contribution is 2.55. The molecule has 2 aromatic rings. The third kappa shape index (κ3) is 3.27. The minimum Gasteiger partial charge on any atom is -0.491 e. The molecule has 142 valence electrons. The van der Waals surface area contributed by atoms with Crippen LogP contribution in [0, 0.1) is 0 Å². The van der Waals surface area contributed by atoms with Gasteiger partial charge >= 0.3 is 0 Å². The summed E-state index contributed by atoms with van der Waals surface area (Å²) in [5, 5.41) is 1.38. The monoisotopic (exact) mass is 388 g/mol. The van der Waals surface area contributed by atoms with E-state index >= 15 is 0 Å². The number of ether oxygens (including phenoxy) is 4. The Morgan fingerprint density at radius 2 is 1.41 bits per heavy atom. The summed E-state index contributed by atoms with van der Waals surface area (Å²) >= 11 is 0. The van der Waals surface area contributed by atoms with Crippen molar-refractivity contribution >= 4 is 18.0 Å². The maximum atomic E-state index is 13.9. The molecule has 0 amide bonds. The average molecular weight is 388 g/mol. The molecule has 0 spiro atoms. The van der Waals surface area contributed by atoms with Crippen LogP contribution in [0.3, 0.4) is 0 Å². The van der Waals surface area contributed by atoms with Gasteiger partial charge in [0.25, 0.3) is 7.37 Å². The SMILES string of the molecule is CCOP1(=O)c2cc(OCC3CO3)ccc2-c2ccc(OCC3CO3)cc21. The molecule has 3 aliphatic rings. The van der Waals surface area contributed by atoms with E-state index in [1.54, 1.807) is 0 Å². The highest BCUT2D eigenvalue weighted by Gasteiger charge is 2.40. The lowest BCUT2D eigenvalue weighted by Gasteiger charge is -2.16. The summed E-state index contributed by atoms with van der Waals surface area (Å²) in [5.41, 5.74) is 1.85. The van der Waals surface area contributed by atoms with Crippen molar-refractivity contribution in [1.82, 2.24) is 0 Å². The molecule has 3 aliphatic heterocycles. The van der Waals surface area contributed by atoms with E-state index in [0.717, 1.165) is 24.3 Å². The fourth-order valence-corrected chi connectivity index (χ4v) is 5.82. The molecule has 2 fully saturated rings. The Morgan fingerprint density at radius 1 is 0.926 bits per heavy atom. The minimum absolute atomic E-state index is 0.171. The molecule has 0 saturated carbocycles. The van der Waals surface area contributed by atoms with Crippen LogP contribution < -0.4 is 20.1 Å². The largest absolute Gasteiger partial charge is 0.491 e. The van der Waals surface area contributed by atoms with E-state index in [9.17, 15) is 4.57 Å². The van der Waals surface area contributed by atoms with E-state index in [1.165, 1.54) is 0 Å². The summed E-state index contributed by atoms with van der Waals surface area (Å²) in [6.07, 6.45) is 0.341. The number of rotatable bonds is 8. The minimum atomic E-state index is -3.19. The van der Waals surface area contributed by atoms with Crippen LogP contribution in [0.2, 0.25) is 0 Å². The number of benzene rings is 2. The quantitative estimate of drug-likeness (QED) is 0.511. The second-order valence-corrected chi connectivity index (χ2v) is 9.18. The van der Waals surface area contributed by atoms with Crippen molar-refractivity contribution in [3.8, 4) is 22.6 Å². The second kappa shape index (κ2) is 6.64. The first-order chi connectivity index (χ1) is 13.2. The van der Waals surface area contributed by atoms with Gasteiger partial charge in [0.2, 0.25) is 0 Å². The Labute approximate surface area is 157 Å². The summed E-state index contributed by atoms with van der Waals surface area (Å²) in [5.74, 6) is 1.36. The van der Waals surface area contributed by atoms with Crippen molar-refractivity contribution in [2.24, 2.45) is 0 Å². The van der Waals surface area contributed by atoms with Gasteiger partial charge in [0.15, 0.2) is 0 Å². The van der Waals surface area contributed by atoms with Gasteiger partial charge < -0.3 is 23.5 Å². The molecular weight excluding hydrogens is 367 g/mol. The molecule has 2 atom stereocenters. The molecule has 0 aromatic heterocycles. The van der Waals surface area contributed by atoms with Crippen LogP contribution in [0.15, 0.2) is 36.4 Å². The molecule has 2 saturated heterocycles. The summed E-state index contributed by atoms with van der Waals surface area (Å²) in [7, 11) is -3.19. The molecule has 0 bridgehead atoms. The predicted molar refractivity (Wildman–Crippen MR) is 101 cm³/mol. The van der Waals surface area contributed by atoms with Crippen LogP contribution in [-0.4, -0.2) is 45.2 Å². The number of hydrogen-bond acceptors (Lipinski definition) is 6. The zero-order valence-corrected chi connectivity index (χ0v) is 15.9. The Balaban J connectivity index is 1.49. The Bertz CT molecular complexity index is 849. The lowest BCUT2D eigenvalue weighted by molar-refractivity contribution is 0.263. The summed E-state index contributed by atoms with van der Waals surface area (Å²) in [6, 6.07) is 11.4. The van der Waals surface area contributed by atoms with E-state index in [4.69, 9.17) is 23.5 Å². The van der Waals surface area contributed by atoms with Crippen molar-refractivity contribution in [1.29, 1.82) is 0 Å². The highest BCUT2D eigenvalue weighted by atomic mass is 31.2. The fraction of sp³-hybridized carbons (Fsp3) is 0.400. The van der Waals surface area contributed by atoms with Gasteiger partial charge in [0, 0.05) is 0 Å². The Morgan fingerprint density at radius 3 is 1.81 bits per heavy atom. The molecule has 5 rings (SSSR count). The topological polar surface area (TPSA) is 69.8 Å². The van der Waals surface area contributed by atoms with E-state index in [2.05, 4.69) is 0 Å². The van der Waals surface area contributed by atoms with Crippen molar-refractivity contribution in [3.63, 3.8) is 0 Å². The number of hydrogen-bond donors (Lipinski definition) is 0. The van der Waals surface area contributed by atoms with Crippen LogP contribution in [0.5, 0.6) is 11.5 Å². The van der Waals surface area contributed by atoms with Crippen molar-refractivity contribution in [3.05, 3.63) is 36.4 Å². The third-order valence-corrected chi connectivity index (χ3v) is 7.48. The average Bonchev–Trinajstić information content (AvgIpc) is 3.59. The Hall–Kier alpha value is -1.85. The maximum Gasteiger partial charge on any atom is 0.262 e. The third-order valence-electron chi connectivity index (χ3n) is 4.85. The van der Waals surface area contributed by atoms with Gasteiger partial charge in [-0.1, -0.05) is 0 Å². The maximum absolute atomic E-state index is 13.9. The Kier molecular flexibility index (Phi) is 4.25. The first kappa shape index (κ1) is 17.3. The molecule has 6 nitrogen and oxygen atoms in total. The summed E-state index contributed by atoms with van der Waals surface area (Å²) in [6.45, 7) is 4.70. The fourth-order valence-electron chi connectivity index (χ4n) is 3.30. The van der Waals surface area contributed by atoms with Gasteiger partial charge in [-0.15, -0.1) is 0 Å². The van der Waals surface area contributed by atoms with Crippen molar-refractivity contribution < 1.29 is 28.0 Å². The van der Waals surface area contributed by atoms with E-state index in [0.29, 0.717) is 41.9 Å². The molecule has 0 N–H and O–H groups in total. The smallest absolute Gasteiger partial charge is 0.262 e. The molecule has 7 heteroatoms. The second-order valence-electron chi connectivity index (χ2n) is 6.86. The van der Waals surface area contributed by atoms with Crippen LogP contribution in [0.4, 0.5) is 0 Å². The normalized spacial score (nSPS) is 27.0. The van der Waals surface area contributed by atoms with Crippen LogP contribution in [-0.2, 0) is 18.6 Å². The van der Waals surface area contributed by atoms with Gasteiger partial charge in [-0.3, -0.25) is 4.57 Å². The van der Waals surface area contributed by atoms with Gasteiger partial charge in [0.05, 0.1) is 30.4 Å². The molecule has 27 heavy (non-hydrogen) atoms. The highest BCUT2D eigenvalue weighted by molar-refractivity contribution is 7.75.